The number of rotatable bonds is 8. The number of anilines is 1. The molecule has 9 heteroatoms. The first-order valence-corrected chi connectivity index (χ1v) is 15.3. The Morgan fingerprint density at radius 1 is 0.773 bits per heavy atom. The number of halogens is 1. The number of hydrogen-bond donors (Lipinski definition) is 2. The van der Waals surface area contributed by atoms with Gasteiger partial charge in [0.25, 0.3) is 11.8 Å². The van der Waals surface area contributed by atoms with Crippen LogP contribution in [0.5, 0.6) is 0 Å². The number of amides is 2. The van der Waals surface area contributed by atoms with Gasteiger partial charge in [-0.05, 0) is 73.7 Å². The first-order valence-electron chi connectivity index (χ1n) is 15.3. The number of carbonyl (C=O) groups is 2. The van der Waals surface area contributed by atoms with Gasteiger partial charge in [0, 0.05) is 85.7 Å². The number of carbonyl (C=O) groups excluding carboxylic acids is 2. The number of nitrogens with one attached hydrogen (secondary N) is 2. The average Bonchev–Trinajstić information content (AvgIpc) is 3.07. The maximum atomic E-state index is 14.4. The van der Waals surface area contributed by atoms with Crippen LogP contribution in [0.15, 0.2) is 91.4 Å². The summed E-state index contributed by atoms with van der Waals surface area (Å²) in [6.45, 7) is 4.27. The molecule has 2 aliphatic heterocycles. The second kappa shape index (κ2) is 13.8. The molecule has 0 unspecified atom stereocenters. The molecule has 8 nitrogen and oxygen atoms in total. The topological polar surface area (TPSA) is 90.5 Å². The van der Waals surface area contributed by atoms with E-state index in [2.05, 4.69) is 37.6 Å². The number of aromatic nitrogens is 2. The molecule has 2 saturated heterocycles. The summed E-state index contributed by atoms with van der Waals surface area (Å²) in [6, 6.07) is 21.8. The van der Waals surface area contributed by atoms with Gasteiger partial charge < -0.3 is 15.5 Å². The van der Waals surface area contributed by atoms with Crippen molar-refractivity contribution < 1.29 is 14.0 Å². The average molecular weight is 593 g/mol. The molecule has 0 spiro atoms. The highest BCUT2D eigenvalue weighted by atomic mass is 19.1. The van der Waals surface area contributed by atoms with Crippen LogP contribution in [0.2, 0.25) is 0 Å². The second-order valence-corrected chi connectivity index (χ2v) is 11.6. The quantitative estimate of drug-likeness (QED) is 0.297. The number of hydrogen-bond acceptors (Lipinski definition) is 6. The van der Waals surface area contributed by atoms with Gasteiger partial charge in [-0.2, -0.15) is 0 Å². The first-order chi connectivity index (χ1) is 21.5. The summed E-state index contributed by atoms with van der Waals surface area (Å²) < 4.78 is 14.4. The summed E-state index contributed by atoms with van der Waals surface area (Å²) in [5.41, 5.74) is 3.32. The number of nitrogens with zero attached hydrogens (tertiary/aromatic N) is 4. The monoisotopic (exact) mass is 592 g/mol. The Morgan fingerprint density at radius 2 is 1.48 bits per heavy atom. The zero-order chi connectivity index (χ0) is 30.3. The molecule has 4 aromatic rings. The van der Waals surface area contributed by atoms with Crippen LogP contribution in [0.25, 0.3) is 11.1 Å². The van der Waals surface area contributed by atoms with E-state index in [0.717, 1.165) is 69.8 Å². The zero-order valence-corrected chi connectivity index (χ0v) is 24.7. The van der Waals surface area contributed by atoms with E-state index in [1.165, 1.54) is 12.1 Å². The number of likely N-dealkylation sites (tertiary alicyclic amines) is 1. The second-order valence-electron chi connectivity index (χ2n) is 11.6. The lowest BCUT2D eigenvalue weighted by Crippen LogP contribution is -2.45. The van der Waals surface area contributed by atoms with Gasteiger partial charge in [0.2, 0.25) is 0 Å². The largest absolute Gasteiger partial charge is 0.356 e. The normalized spacial score (nSPS) is 16.4. The molecule has 0 radical (unpaired) electrons. The van der Waals surface area contributed by atoms with E-state index in [1.807, 2.05) is 36.5 Å². The molecule has 2 fully saturated rings. The van der Waals surface area contributed by atoms with Gasteiger partial charge in [-0.25, -0.2) is 9.37 Å². The van der Waals surface area contributed by atoms with Crippen LogP contribution in [0.1, 0.15) is 52.0 Å². The molecule has 2 aliphatic rings. The van der Waals surface area contributed by atoms with E-state index in [0.29, 0.717) is 22.3 Å². The van der Waals surface area contributed by atoms with Crippen molar-refractivity contribution in [1.82, 2.24) is 25.5 Å². The van der Waals surface area contributed by atoms with Crippen molar-refractivity contribution in [3.63, 3.8) is 0 Å². The molecule has 44 heavy (non-hydrogen) atoms. The van der Waals surface area contributed by atoms with Crippen LogP contribution in [-0.2, 0) is 6.54 Å². The minimum absolute atomic E-state index is 0.0128. The SMILES string of the molecule is O=C(NC1CCN(Cc2ccc(N3CCC(NC(=O)c4ccccc4)CC3)nc2)CC1)c1ccc(F)c(-c2cccnc2)c1. The van der Waals surface area contributed by atoms with Gasteiger partial charge in [0.05, 0.1) is 0 Å². The standard InChI is InChI=1S/C35H37FN6O2/c36-32-10-9-27(21-31(32)28-7-4-16-37-23-28)35(44)40-29-12-17-41(18-13-29)24-25-8-11-33(38-22-25)42-19-14-30(15-20-42)39-34(43)26-5-2-1-3-6-26/h1-11,16,21-23,29-30H,12-15,17-20,24H2,(H,39,43)(H,40,44). The Hall–Kier alpha value is -4.63. The van der Waals surface area contributed by atoms with E-state index in [-0.39, 0.29) is 29.7 Å². The Bertz CT molecular complexity index is 1550. The smallest absolute Gasteiger partial charge is 0.251 e. The molecule has 226 valence electrons. The molecular formula is C35H37FN6O2. The lowest BCUT2D eigenvalue weighted by molar-refractivity contribution is 0.0906. The first kappa shape index (κ1) is 29.4. The van der Waals surface area contributed by atoms with Gasteiger partial charge in [-0.15, -0.1) is 0 Å². The predicted octanol–water partition coefficient (Wildman–Crippen LogP) is 5.08. The molecule has 0 atom stereocenters. The molecule has 6 rings (SSSR count). The van der Waals surface area contributed by atoms with Crippen molar-refractivity contribution in [2.75, 3.05) is 31.1 Å². The van der Waals surface area contributed by atoms with Crippen molar-refractivity contribution in [2.24, 2.45) is 0 Å². The van der Waals surface area contributed by atoms with Crippen molar-refractivity contribution in [3.8, 4) is 11.1 Å². The molecule has 2 aromatic heterocycles. The number of piperidine rings is 2. The fourth-order valence-electron chi connectivity index (χ4n) is 5.98. The van der Waals surface area contributed by atoms with Crippen molar-refractivity contribution >= 4 is 17.6 Å². The predicted molar refractivity (Wildman–Crippen MR) is 169 cm³/mol. The maximum absolute atomic E-state index is 14.4. The van der Waals surface area contributed by atoms with Crippen LogP contribution >= 0.6 is 0 Å². The number of benzene rings is 2. The molecule has 2 amide bonds. The van der Waals surface area contributed by atoms with Gasteiger partial charge in [0.15, 0.2) is 0 Å². The molecular weight excluding hydrogens is 555 g/mol. The zero-order valence-electron chi connectivity index (χ0n) is 24.7. The van der Waals surface area contributed by atoms with Gasteiger partial charge >= 0.3 is 0 Å². The Balaban J connectivity index is 0.941. The summed E-state index contributed by atoms with van der Waals surface area (Å²) in [6.07, 6.45) is 8.67. The van der Waals surface area contributed by atoms with Crippen LogP contribution in [-0.4, -0.2) is 64.9 Å². The highest BCUT2D eigenvalue weighted by molar-refractivity contribution is 5.96. The Kier molecular flexibility index (Phi) is 9.22. The molecule has 2 aromatic carbocycles. The van der Waals surface area contributed by atoms with Crippen LogP contribution in [0, 0.1) is 5.82 Å². The number of pyridine rings is 2. The fraction of sp³-hybridized carbons (Fsp3) is 0.314. The third-order valence-electron chi connectivity index (χ3n) is 8.53. The van der Waals surface area contributed by atoms with Crippen LogP contribution in [0.4, 0.5) is 10.2 Å². The third kappa shape index (κ3) is 7.29. The van der Waals surface area contributed by atoms with E-state index < -0.39 is 0 Å². The summed E-state index contributed by atoms with van der Waals surface area (Å²) in [4.78, 5) is 38.9. The molecule has 0 saturated carbocycles. The van der Waals surface area contributed by atoms with Gasteiger partial charge in [0.1, 0.15) is 11.6 Å². The summed E-state index contributed by atoms with van der Waals surface area (Å²) in [5.74, 6) is 0.396. The van der Waals surface area contributed by atoms with Crippen molar-refractivity contribution in [2.45, 2.75) is 44.3 Å². The van der Waals surface area contributed by atoms with E-state index in [4.69, 9.17) is 4.98 Å². The molecule has 2 N–H and O–H groups in total. The van der Waals surface area contributed by atoms with Crippen molar-refractivity contribution in [3.05, 3.63) is 114 Å². The van der Waals surface area contributed by atoms with E-state index in [9.17, 15) is 14.0 Å². The molecule has 0 bridgehead atoms. The fourth-order valence-corrected chi connectivity index (χ4v) is 5.98. The molecule has 0 aliphatic carbocycles. The minimum atomic E-state index is -0.375. The van der Waals surface area contributed by atoms with Crippen LogP contribution in [0.3, 0.4) is 0 Å². The Morgan fingerprint density at radius 3 is 2.14 bits per heavy atom. The minimum Gasteiger partial charge on any atom is -0.356 e. The van der Waals surface area contributed by atoms with Gasteiger partial charge in [-0.3, -0.25) is 19.5 Å². The highest BCUT2D eigenvalue weighted by Crippen LogP contribution is 2.24. The highest BCUT2D eigenvalue weighted by Gasteiger charge is 2.24. The molecule has 4 heterocycles. The third-order valence-corrected chi connectivity index (χ3v) is 8.53. The summed E-state index contributed by atoms with van der Waals surface area (Å²) >= 11 is 0. The van der Waals surface area contributed by atoms with Crippen molar-refractivity contribution in [1.29, 1.82) is 0 Å². The lowest BCUT2D eigenvalue weighted by atomic mass is 10.0. The summed E-state index contributed by atoms with van der Waals surface area (Å²) in [7, 11) is 0. The summed E-state index contributed by atoms with van der Waals surface area (Å²) in [5, 5.41) is 6.30. The lowest BCUT2D eigenvalue weighted by Gasteiger charge is -2.34. The van der Waals surface area contributed by atoms with E-state index in [1.54, 1.807) is 30.6 Å². The van der Waals surface area contributed by atoms with E-state index >= 15 is 0 Å². The van der Waals surface area contributed by atoms with Gasteiger partial charge in [-0.1, -0.05) is 30.3 Å². The van der Waals surface area contributed by atoms with Crippen LogP contribution < -0.4 is 15.5 Å². The maximum Gasteiger partial charge on any atom is 0.251 e. The Labute approximate surface area is 257 Å².